The van der Waals surface area contributed by atoms with Gasteiger partial charge in [0.2, 0.25) is 11.9 Å². The minimum atomic E-state index is -1.82. The zero-order chi connectivity index (χ0) is 26.6. The van der Waals surface area contributed by atoms with E-state index in [1.807, 2.05) is 9.80 Å². The van der Waals surface area contributed by atoms with Crippen LogP contribution in [0.4, 0.5) is 32.2 Å². The van der Waals surface area contributed by atoms with Crippen molar-refractivity contribution in [2.24, 2.45) is 5.41 Å². The topological polar surface area (TPSA) is 142 Å². The fourth-order valence-electron chi connectivity index (χ4n) is 5.58. The first-order valence-corrected chi connectivity index (χ1v) is 11.8. The van der Waals surface area contributed by atoms with Crippen molar-refractivity contribution in [3.8, 4) is 0 Å². The highest BCUT2D eigenvalue weighted by atomic mass is 19.1. The third-order valence-electron chi connectivity index (χ3n) is 7.34. The van der Waals surface area contributed by atoms with E-state index < -0.39 is 40.0 Å². The van der Waals surface area contributed by atoms with Crippen LogP contribution < -0.4 is 20.0 Å². The van der Waals surface area contributed by atoms with E-state index in [1.54, 1.807) is 24.5 Å². The van der Waals surface area contributed by atoms with Crippen molar-refractivity contribution in [1.82, 2.24) is 15.3 Å². The van der Waals surface area contributed by atoms with Crippen molar-refractivity contribution in [2.75, 3.05) is 34.3 Å². The van der Waals surface area contributed by atoms with Gasteiger partial charge in [-0.1, -0.05) is 0 Å². The molecule has 1 spiro atoms. The maximum Gasteiger partial charge on any atom is 0.335 e. The first-order chi connectivity index (χ1) is 18.3. The van der Waals surface area contributed by atoms with Gasteiger partial charge in [-0.2, -0.15) is 0 Å². The molecule has 2 atom stereocenters. The van der Waals surface area contributed by atoms with Gasteiger partial charge in [0, 0.05) is 56.3 Å². The van der Waals surface area contributed by atoms with E-state index in [4.69, 9.17) is 0 Å². The molecule has 3 aliphatic heterocycles. The Morgan fingerprint density at radius 1 is 1.05 bits per heavy atom. The first kappa shape index (κ1) is 23.5. The van der Waals surface area contributed by atoms with Crippen LogP contribution in [0.2, 0.25) is 0 Å². The lowest BCUT2D eigenvalue weighted by Gasteiger charge is -2.55. The van der Waals surface area contributed by atoms with Gasteiger partial charge in [0.05, 0.1) is 16.7 Å². The van der Waals surface area contributed by atoms with Crippen LogP contribution in [0.3, 0.4) is 0 Å². The van der Waals surface area contributed by atoms with Gasteiger partial charge in [-0.15, -0.1) is 0 Å². The Bertz CT molecular complexity index is 1490. The molecule has 0 unspecified atom stereocenters. The van der Waals surface area contributed by atoms with Crippen LogP contribution in [-0.2, 0) is 16.0 Å². The molecule has 38 heavy (non-hydrogen) atoms. The summed E-state index contributed by atoms with van der Waals surface area (Å²) in [6.45, 7) is 0.995. The molecule has 0 saturated carbocycles. The largest absolute Gasteiger partial charge is 0.363 e. The number of imide groups is 2. The van der Waals surface area contributed by atoms with Crippen molar-refractivity contribution in [3.05, 3.63) is 82.4 Å². The third-order valence-corrected chi connectivity index (χ3v) is 7.34. The van der Waals surface area contributed by atoms with E-state index in [2.05, 4.69) is 15.3 Å². The molecule has 6 rings (SSSR count). The number of anilines is 3. The van der Waals surface area contributed by atoms with Gasteiger partial charge in [0.1, 0.15) is 5.82 Å². The number of fused-ring (bicyclic) bond motifs is 4. The molecule has 1 aromatic heterocycles. The number of nitrogens with one attached hydrogen (secondary N) is 1. The highest BCUT2D eigenvalue weighted by Gasteiger charge is 2.63. The monoisotopic (exact) mass is 517 g/mol. The molecule has 2 aromatic carbocycles. The molecule has 0 aliphatic carbocycles. The number of nitro groups is 1. The lowest BCUT2D eigenvalue weighted by molar-refractivity contribution is -0.384. The molecule has 3 aromatic rings. The number of aromatic nitrogens is 2. The molecule has 0 radical (unpaired) electrons. The number of carbonyl (C=O) groups is 3. The number of non-ortho nitro benzene ring substituents is 1. The van der Waals surface area contributed by atoms with Crippen LogP contribution in [0.5, 0.6) is 0 Å². The number of nitrogens with zero attached hydrogens (tertiary/aromatic N) is 6. The number of nitro benzene ring substituents is 1. The van der Waals surface area contributed by atoms with Gasteiger partial charge < -0.3 is 9.80 Å². The highest BCUT2D eigenvalue weighted by molar-refractivity contribution is 6.30. The fourth-order valence-corrected chi connectivity index (χ4v) is 5.58. The molecule has 4 amide bonds. The van der Waals surface area contributed by atoms with Crippen molar-refractivity contribution in [1.29, 1.82) is 0 Å². The SMILES string of the molecule is O=C1NC(=O)[C@]2(Cc3cc([N+](=O)[O-])ccc3N3CCN(c4ncccn4)C[C@H]32)C(=O)N1c1ccc(F)cc1. The second-order valence-corrected chi connectivity index (χ2v) is 9.30. The summed E-state index contributed by atoms with van der Waals surface area (Å²) >= 11 is 0. The Labute approximate surface area is 214 Å². The molecule has 4 heterocycles. The molecule has 2 saturated heterocycles. The predicted octanol–water partition coefficient (Wildman–Crippen LogP) is 2.04. The number of amides is 4. The summed E-state index contributed by atoms with van der Waals surface area (Å²) in [5.41, 5.74) is -0.791. The number of rotatable bonds is 3. The number of piperazine rings is 1. The number of urea groups is 1. The number of hydrogen-bond acceptors (Lipinski definition) is 9. The standard InChI is InChI=1S/C25H20FN7O5/c26-16-2-4-17(5-3-16)32-22(35)25(21(34)29-24(32)36)13-15-12-18(33(37)38)6-7-19(15)31-11-10-30(14-20(25)31)23-27-8-1-9-28-23/h1-9,12,20H,10-11,13-14H2,(H,29,34,36)/t20-,25+/m0/s1. The van der Waals surface area contributed by atoms with Crippen LogP contribution in [0, 0.1) is 21.3 Å². The highest BCUT2D eigenvalue weighted by Crippen LogP contribution is 2.47. The number of barbiturate groups is 1. The molecular weight excluding hydrogens is 497 g/mol. The van der Waals surface area contributed by atoms with E-state index in [1.165, 1.54) is 24.3 Å². The summed E-state index contributed by atoms with van der Waals surface area (Å²) in [7, 11) is 0. The average Bonchev–Trinajstić information content (AvgIpc) is 2.92. The van der Waals surface area contributed by atoms with Crippen LogP contribution >= 0.6 is 0 Å². The molecule has 192 valence electrons. The Morgan fingerprint density at radius 2 is 1.79 bits per heavy atom. The van der Waals surface area contributed by atoms with E-state index in [-0.39, 0.29) is 24.3 Å². The van der Waals surface area contributed by atoms with E-state index in [0.29, 0.717) is 30.3 Å². The van der Waals surface area contributed by atoms with Crippen LogP contribution in [-0.4, -0.2) is 58.4 Å². The van der Waals surface area contributed by atoms with Gasteiger partial charge in [-0.25, -0.2) is 24.1 Å². The Hall–Kier alpha value is -4.94. The lowest BCUT2D eigenvalue weighted by Crippen LogP contribution is -2.75. The number of halogens is 1. The maximum absolute atomic E-state index is 14.3. The fraction of sp³-hybridized carbons (Fsp3) is 0.240. The van der Waals surface area contributed by atoms with Crippen molar-refractivity contribution in [2.45, 2.75) is 12.5 Å². The number of benzene rings is 2. The summed E-state index contributed by atoms with van der Waals surface area (Å²) in [4.78, 5) is 65.0. The smallest absolute Gasteiger partial charge is 0.335 e. The molecular formula is C25H20FN7O5. The molecule has 1 N–H and O–H groups in total. The number of carbonyl (C=O) groups excluding carboxylic acids is 3. The zero-order valence-electron chi connectivity index (χ0n) is 19.8. The minimum Gasteiger partial charge on any atom is -0.363 e. The zero-order valence-corrected chi connectivity index (χ0v) is 19.8. The Balaban J connectivity index is 1.50. The van der Waals surface area contributed by atoms with Gasteiger partial charge in [-0.05, 0) is 42.0 Å². The van der Waals surface area contributed by atoms with Crippen LogP contribution in [0.1, 0.15) is 5.56 Å². The van der Waals surface area contributed by atoms with E-state index in [0.717, 1.165) is 17.0 Å². The van der Waals surface area contributed by atoms with Crippen molar-refractivity contribution < 1.29 is 23.7 Å². The first-order valence-electron chi connectivity index (χ1n) is 11.8. The number of hydrogen-bond donors (Lipinski definition) is 1. The Kier molecular flexibility index (Phi) is 5.29. The maximum atomic E-state index is 14.3. The predicted molar refractivity (Wildman–Crippen MR) is 132 cm³/mol. The van der Waals surface area contributed by atoms with Crippen LogP contribution in [0.15, 0.2) is 60.9 Å². The van der Waals surface area contributed by atoms with Crippen molar-refractivity contribution >= 4 is 40.9 Å². The van der Waals surface area contributed by atoms with E-state index in [9.17, 15) is 28.9 Å². The second kappa shape index (κ2) is 8.57. The minimum absolute atomic E-state index is 0.0937. The summed E-state index contributed by atoms with van der Waals surface area (Å²) in [5.74, 6) is -1.72. The van der Waals surface area contributed by atoms with Gasteiger partial charge in [0.15, 0.2) is 5.41 Å². The average molecular weight is 517 g/mol. The summed E-state index contributed by atoms with van der Waals surface area (Å²) in [5, 5.41) is 13.8. The molecule has 12 nitrogen and oxygen atoms in total. The van der Waals surface area contributed by atoms with Crippen LogP contribution in [0.25, 0.3) is 0 Å². The van der Waals surface area contributed by atoms with Gasteiger partial charge in [-0.3, -0.25) is 25.0 Å². The quantitative estimate of drug-likeness (QED) is 0.314. The van der Waals surface area contributed by atoms with E-state index >= 15 is 0 Å². The second-order valence-electron chi connectivity index (χ2n) is 9.30. The van der Waals surface area contributed by atoms with Gasteiger partial charge in [0.25, 0.3) is 11.6 Å². The van der Waals surface area contributed by atoms with Crippen molar-refractivity contribution in [3.63, 3.8) is 0 Å². The normalized spacial score (nSPS) is 22.7. The Morgan fingerprint density at radius 3 is 2.50 bits per heavy atom. The lowest BCUT2D eigenvalue weighted by atomic mass is 9.67. The molecule has 0 bridgehead atoms. The third kappa shape index (κ3) is 3.46. The summed E-state index contributed by atoms with van der Waals surface area (Å²) < 4.78 is 13.6. The molecule has 3 aliphatic rings. The summed E-state index contributed by atoms with van der Waals surface area (Å²) in [6.07, 6.45) is 3.00. The molecule has 2 fully saturated rings. The summed E-state index contributed by atoms with van der Waals surface area (Å²) in [6, 6.07) is 9.11. The van der Waals surface area contributed by atoms with Gasteiger partial charge >= 0.3 is 6.03 Å². The molecule has 13 heteroatoms.